The molecule has 1 unspecified atom stereocenters. The lowest BCUT2D eigenvalue weighted by Gasteiger charge is -2.30. The van der Waals surface area contributed by atoms with Crippen LogP contribution in [-0.2, 0) is 11.3 Å². The van der Waals surface area contributed by atoms with Crippen LogP contribution in [-0.4, -0.2) is 47.0 Å². The van der Waals surface area contributed by atoms with Gasteiger partial charge < -0.3 is 9.84 Å². The fraction of sp³-hybridized carbons (Fsp3) is 0.750. The normalized spacial score (nSPS) is 20.3. The molecule has 8 heteroatoms. The van der Waals surface area contributed by atoms with E-state index in [1.807, 2.05) is 4.90 Å². The van der Waals surface area contributed by atoms with E-state index < -0.39 is 13.0 Å². The van der Waals surface area contributed by atoms with Gasteiger partial charge in [0.1, 0.15) is 0 Å². The minimum Gasteiger partial charge on any atom is -0.350 e. The van der Waals surface area contributed by atoms with Crippen molar-refractivity contribution in [3.05, 3.63) is 11.7 Å². The molecular formula is C12H18F2N4O2. The predicted octanol–water partition coefficient (Wildman–Crippen LogP) is 0.971. The van der Waals surface area contributed by atoms with Crippen molar-refractivity contribution >= 4 is 5.91 Å². The van der Waals surface area contributed by atoms with Gasteiger partial charge >= 0.3 is 0 Å². The van der Waals surface area contributed by atoms with E-state index in [0.29, 0.717) is 31.2 Å². The molecule has 1 N–H and O–H groups in total. The lowest BCUT2D eigenvalue weighted by molar-refractivity contribution is -0.127. The van der Waals surface area contributed by atoms with Crippen LogP contribution in [0.2, 0.25) is 0 Å². The van der Waals surface area contributed by atoms with Gasteiger partial charge in [0.2, 0.25) is 11.8 Å². The van der Waals surface area contributed by atoms with E-state index in [1.54, 1.807) is 6.92 Å². The topological polar surface area (TPSA) is 71.3 Å². The SMILES string of the molecule is Cc1noc(CN2CCCC(C(=O)NCC(F)F)C2)n1. The molecule has 1 aromatic heterocycles. The Hall–Kier alpha value is -1.57. The maximum atomic E-state index is 12.1. The van der Waals surface area contributed by atoms with Crippen LogP contribution >= 0.6 is 0 Å². The van der Waals surface area contributed by atoms with Gasteiger partial charge in [0.15, 0.2) is 5.82 Å². The van der Waals surface area contributed by atoms with Gasteiger partial charge in [-0.25, -0.2) is 8.78 Å². The molecule has 1 aliphatic rings. The van der Waals surface area contributed by atoms with Crippen molar-refractivity contribution in [1.29, 1.82) is 0 Å². The highest BCUT2D eigenvalue weighted by atomic mass is 19.3. The monoisotopic (exact) mass is 288 g/mol. The van der Waals surface area contributed by atoms with Crippen molar-refractivity contribution in [1.82, 2.24) is 20.4 Å². The lowest BCUT2D eigenvalue weighted by atomic mass is 9.97. The van der Waals surface area contributed by atoms with Crippen LogP contribution in [0.25, 0.3) is 0 Å². The lowest BCUT2D eigenvalue weighted by Crippen LogP contribution is -2.43. The largest absolute Gasteiger partial charge is 0.350 e. The smallest absolute Gasteiger partial charge is 0.255 e. The highest BCUT2D eigenvalue weighted by Crippen LogP contribution is 2.18. The first-order valence-electron chi connectivity index (χ1n) is 6.62. The molecule has 20 heavy (non-hydrogen) atoms. The fourth-order valence-corrected chi connectivity index (χ4v) is 2.33. The summed E-state index contributed by atoms with van der Waals surface area (Å²) in [4.78, 5) is 17.9. The number of halogens is 2. The zero-order chi connectivity index (χ0) is 14.5. The summed E-state index contributed by atoms with van der Waals surface area (Å²) in [5.41, 5.74) is 0. The number of hydrogen-bond donors (Lipinski definition) is 1. The second-order valence-electron chi connectivity index (χ2n) is 4.95. The number of carbonyl (C=O) groups excluding carboxylic acids is 1. The average molecular weight is 288 g/mol. The molecule has 1 saturated heterocycles. The van der Waals surface area contributed by atoms with Gasteiger partial charge in [-0.2, -0.15) is 4.98 Å². The number of nitrogens with zero attached hydrogens (tertiary/aromatic N) is 3. The summed E-state index contributed by atoms with van der Waals surface area (Å²) in [6.45, 7) is 3.00. The van der Waals surface area contributed by atoms with Crippen molar-refractivity contribution < 1.29 is 18.1 Å². The van der Waals surface area contributed by atoms with Crippen LogP contribution in [0, 0.1) is 12.8 Å². The Morgan fingerprint density at radius 1 is 1.60 bits per heavy atom. The highest BCUT2D eigenvalue weighted by Gasteiger charge is 2.27. The van der Waals surface area contributed by atoms with E-state index in [4.69, 9.17) is 4.52 Å². The Balaban J connectivity index is 1.83. The van der Waals surface area contributed by atoms with Gasteiger partial charge in [0.25, 0.3) is 6.43 Å². The zero-order valence-corrected chi connectivity index (χ0v) is 11.3. The van der Waals surface area contributed by atoms with Crippen molar-refractivity contribution in [2.45, 2.75) is 32.7 Å². The molecule has 0 bridgehead atoms. The molecule has 0 spiro atoms. The Labute approximate surface area is 115 Å². The zero-order valence-electron chi connectivity index (χ0n) is 11.3. The third kappa shape index (κ3) is 4.22. The molecule has 1 amide bonds. The summed E-state index contributed by atoms with van der Waals surface area (Å²) in [6.07, 6.45) is -0.950. The molecule has 1 aromatic rings. The van der Waals surface area contributed by atoms with Crippen LogP contribution in [0.5, 0.6) is 0 Å². The third-order valence-electron chi connectivity index (χ3n) is 3.24. The van der Waals surface area contributed by atoms with Gasteiger partial charge in [-0.1, -0.05) is 5.16 Å². The molecule has 6 nitrogen and oxygen atoms in total. The van der Waals surface area contributed by atoms with E-state index >= 15 is 0 Å². The van der Waals surface area contributed by atoms with Crippen LogP contribution in [0.1, 0.15) is 24.6 Å². The summed E-state index contributed by atoms with van der Waals surface area (Å²) >= 11 is 0. The van der Waals surface area contributed by atoms with Gasteiger partial charge in [0, 0.05) is 6.54 Å². The van der Waals surface area contributed by atoms with Crippen LogP contribution in [0.15, 0.2) is 4.52 Å². The molecule has 0 aliphatic carbocycles. The quantitative estimate of drug-likeness (QED) is 0.874. The van der Waals surface area contributed by atoms with Crippen molar-refractivity contribution in [2.24, 2.45) is 5.92 Å². The molecule has 1 aliphatic heterocycles. The number of carbonyl (C=O) groups is 1. The number of nitrogens with one attached hydrogen (secondary N) is 1. The van der Waals surface area contributed by atoms with E-state index in [-0.39, 0.29) is 11.8 Å². The predicted molar refractivity (Wildman–Crippen MR) is 66.0 cm³/mol. The maximum absolute atomic E-state index is 12.1. The van der Waals surface area contributed by atoms with Gasteiger partial charge in [-0.3, -0.25) is 9.69 Å². The fourth-order valence-electron chi connectivity index (χ4n) is 2.33. The highest BCUT2D eigenvalue weighted by molar-refractivity contribution is 5.78. The number of aromatic nitrogens is 2. The first-order chi connectivity index (χ1) is 9.54. The molecule has 1 atom stereocenters. The third-order valence-corrected chi connectivity index (χ3v) is 3.24. The minimum atomic E-state index is -2.51. The van der Waals surface area contributed by atoms with E-state index in [0.717, 1.165) is 13.0 Å². The number of aryl methyl sites for hydroxylation is 1. The molecular weight excluding hydrogens is 270 g/mol. The molecule has 0 saturated carbocycles. The molecule has 0 radical (unpaired) electrons. The Kier molecular flexibility index (Phi) is 4.99. The van der Waals surface area contributed by atoms with Crippen molar-refractivity contribution in [2.75, 3.05) is 19.6 Å². The number of alkyl halides is 2. The summed E-state index contributed by atoms with van der Waals surface area (Å²) in [5, 5.41) is 5.98. The number of amides is 1. The maximum Gasteiger partial charge on any atom is 0.255 e. The molecule has 2 heterocycles. The minimum absolute atomic E-state index is 0.258. The van der Waals surface area contributed by atoms with Gasteiger partial charge in [-0.05, 0) is 26.3 Å². The van der Waals surface area contributed by atoms with E-state index in [1.165, 1.54) is 0 Å². The second-order valence-corrected chi connectivity index (χ2v) is 4.95. The molecule has 0 aromatic carbocycles. The first kappa shape index (κ1) is 14.8. The summed E-state index contributed by atoms with van der Waals surface area (Å²) in [6, 6.07) is 0. The number of likely N-dealkylation sites (tertiary alicyclic amines) is 1. The molecule has 112 valence electrons. The second kappa shape index (κ2) is 6.74. The first-order valence-corrected chi connectivity index (χ1v) is 6.62. The summed E-state index contributed by atoms with van der Waals surface area (Å²) < 4.78 is 29.2. The van der Waals surface area contributed by atoms with Crippen molar-refractivity contribution in [3.63, 3.8) is 0 Å². The molecule has 1 fully saturated rings. The van der Waals surface area contributed by atoms with Crippen molar-refractivity contribution in [3.8, 4) is 0 Å². The Morgan fingerprint density at radius 3 is 3.05 bits per heavy atom. The number of hydrogen-bond acceptors (Lipinski definition) is 5. The van der Waals surface area contributed by atoms with Gasteiger partial charge in [0.05, 0.1) is 19.0 Å². The van der Waals surface area contributed by atoms with Crippen LogP contribution < -0.4 is 5.32 Å². The Morgan fingerprint density at radius 2 is 2.40 bits per heavy atom. The summed E-state index contributed by atoms with van der Waals surface area (Å²) in [7, 11) is 0. The number of piperidine rings is 1. The average Bonchev–Trinajstić information content (AvgIpc) is 2.81. The van der Waals surface area contributed by atoms with E-state index in [2.05, 4.69) is 15.5 Å². The number of rotatable bonds is 5. The van der Waals surface area contributed by atoms with Crippen LogP contribution in [0.4, 0.5) is 8.78 Å². The standard InChI is InChI=1S/C12H18F2N4O2/c1-8-16-11(20-17-8)7-18-4-2-3-9(6-18)12(19)15-5-10(13)14/h9-10H,2-7H2,1H3,(H,15,19). The summed E-state index contributed by atoms with van der Waals surface area (Å²) in [5.74, 6) is 0.516. The van der Waals surface area contributed by atoms with Crippen LogP contribution in [0.3, 0.4) is 0 Å². The van der Waals surface area contributed by atoms with Gasteiger partial charge in [-0.15, -0.1) is 0 Å². The molecule has 2 rings (SSSR count). The Bertz CT molecular complexity index is 452. The van der Waals surface area contributed by atoms with E-state index in [9.17, 15) is 13.6 Å².